The molecule has 0 aliphatic carbocycles. The molecule has 39 heavy (non-hydrogen) atoms. The summed E-state index contributed by atoms with van der Waals surface area (Å²) in [7, 11) is 0. The van der Waals surface area contributed by atoms with Gasteiger partial charge in [0.1, 0.15) is 0 Å². The molecule has 0 aliphatic rings. The van der Waals surface area contributed by atoms with Gasteiger partial charge in [-0.25, -0.2) is 0 Å². The SMILES string of the molecule is Cc1cc(-c2ccccc2[C@@H](C)OC[C@H](O)CNC(C)(C)Cc2ccc3ccccc3c2)ccc1C(=O)[O-].[Na+]. The van der Waals surface area contributed by atoms with Crippen molar-refractivity contribution >= 4 is 16.7 Å². The van der Waals surface area contributed by atoms with Gasteiger partial charge in [0.2, 0.25) is 0 Å². The molecular weight excluding hydrogens is 497 g/mol. The molecule has 198 valence electrons. The summed E-state index contributed by atoms with van der Waals surface area (Å²) in [6, 6.07) is 28.0. The van der Waals surface area contributed by atoms with Crippen molar-refractivity contribution in [1.82, 2.24) is 5.32 Å². The number of aromatic carboxylic acids is 1. The van der Waals surface area contributed by atoms with Crippen molar-refractivity contribution in [3.63, 3.8) is 0 Å². The first kappa shape index (κ1) is 31.0. The van der Waals surface area contributed by atoms with E-state index >= 15 is 0 Å². The van der Waals surface area contributed by atoms with Crippen molar-refractivity contribution in [2.24, 2.45) is 0 Å². The van der Waals surface area contributed by atoms with Gasteiger partial charge in [-0.3, -0.25) is 0 Å². The van der Waals surface area contributed by atoms with E-state index in [4.69, 9.17) is 4.74 Å². The van der Waals surface area contributed by atoms with Crippen molar-refractivity contribution < 1.29 is 49.3 Å². The molecule has 0 aromatic heterocycles. The van der Waals surface area contributed by atoms with Crippen LogP contribution in [0.1, 0.15) is 53.9 Å². The second-order valence-corrected chi connectivity index (χ2v) is 10.7. The maximum absolute atomic E-state index is 11.3. The molecule has 0 bridgehead atoms. The number of benzene rings is 4. The minimum atomic E-state index is -1.18. The minimum absolute atomic E-state index is 0. The molecule has 0 aliphatic heterocycles. The Balaban J connectivity index is 0.00000420. The Bertz CT molecular complexity index is 1420. The van der Waals surface area contributed by atoms with Crippen molar-refractivity contribution in [2.75, 3.05) is 13.2 Å². The predicted octanol–water partition coefficient (Wildman–Crippen LogP) is 2.23. The molecule has 0 amide bonds. The molecule has 2 atom stereocenters. The number of carboxylic acid groups (broad SMARTS) is 1. The molecule has 0 spiro atoms. The van der Waals surface area contributed by atoms with Crippen LogP contribution in [0.3, 0.4) is 0 Å². The first-order valence-corrected chi connectivity index (χ1v) is 13.1. The Labute approximate surface area is 253 Å². The Kier molecular flexibility index (Phi) is 10.9. The number of carboxylic acids is 1. The summed E-state index contributed by atoms with van der Waals surface area (Å²) < 4.78 is 6.08. The van der Waals surface area contributed by atoms with Gasteiger partial charge >= 0.3 is 29.6 Å². The zero-order valence-electron chi connectivity index (χ0n) is 23.5. The fraction of sp³-hybridized carbons (Fsp3) is 0.303. The number of β-amino-alcohol motifs (C(OH)–C–C–N with tert-alkyl or cyclic N) is 1. The van der Waals surface area contributed by atoms with E-state index in [9.17, 15) is 15.0 Å². The smallest absolute Gasteiger partial charge is 0.545 e. The van der Waals surface area contributed by atoms with Gasteiger partial charge in [0.05, 0.1) is 24.8 Å². The average molecular weight is 534 g/mol. The molecule has 0 heterocycles. The van der Waals surface area contributed by atoms with Crippen LogP contribution in [-0.4, -0.2) is 35.9 Å². The number of ether oxygens (including phenoxy) is 1. The van der Waals surface area contributed by atoms with E-state index in [0.29, 0.717) is 12.1 Å². The van der Waals surface area contributed by atoms with Crippen LogP contribution in [0.2, 0.25) is 0 Å². The second kappa shape index (κ2) is 13.7. The monoisotopic (exact) mass is 533 g/mol. The number of aliphatic hydroxyl groups excluding tert-OH is 1. The summed E-state index contributed by atoms with van der Waals surface area (Å²) in [6.07, 6.45) is -0.0802. The number of carbonyl (C=O) groups excluding carboxylic acids is 1. The maximum Gasteiger partial charge on any atom is 1.00 e. The molecule has 4 aromatic rings. The zero-order chi connectivity index (χ0) is 27.3. The molecule has 6 heteroatoms. The van der Waals surface area contributed by atoms with Crippen LogP contribution in [0.5, 0.6) is 0 Å². The third-order valence-electron chi connectivity index (χ3n) is 6.97. The number of rotatable bonds is 11. The number of carbonyl (C=O) groups is 1. The fourth-order valence-electron chi connectivity index (χ4n) is 4.89. The van der Waals surface area contributed by atoms with E-state index in [1.807, 2.05) is 43.3 Å². The maximum atomic E-state index is 11.3. The third kappa shape index (κ3) is 8.24. The summed E-state index contributed by atoms with van der Waals surface area (Å²) in [4.78, 5) is 11.3. The van der Waals surface area contributed by atoms with E-state index < -0.39 is 12.1 Å². The van der Waals surface area contributed by atoms with Gasteiger partial charge in [0.25, 0.3) is 0 Å². The molecule has 0 fully saturated rings. The van der Waals surface area contributed by atoms with E-state index in [0.717, 1.165) is 23.1 Å². The fourth-order valence-corrected chi connectivity index (χ4v) is 4.89. The molecule has 0 saturated heterocycles. The Hall–Kier alpha value is -2.51. The molecule has 5 nitrogen and oxygen atoms in total. The minimum Gasteiger partial charge on any atom is -0.545 e. The van der Waals surface area contributed by atoms with Gasteiger partial charge in [0.15, 0.2) is 0 Å². The summed E-state index contributed by atoms with van der Waals surface area (Å²) in [5.41, 5.74) is 4.75. The van der Waals surface area contributed by atoms with Crippen LogP contribution in [0.4, 0.5) is 0 Å². The predicted molar refractivity (Wildman–Crippen MR) is 151 cm³/mol. The quantitative estimate of drug-likeness (QED) is 0.289. The number of aryl methyl sites for hydroxylation is 1. The molecular formula is C33H36NNaO4. The topological polar surface area (TPSA) is 81.6 Å². The van der Waals surface area contributed by atoms with Crippen LogP contribution in [-0.2, 0) is 11.2 Å². The standard InChI is InChI=1S/C33H37NO4.Na/c1-22-17-27(15-16-29(22)32(36)37)31-12-8-7-11-30(31)23(2)38-21-28(35)20-34-33(3,4)19-24-13-14-25-9-5-6-10-26(25)18-24;/h5-18,23,28,34-35H,19-21H2,1-4H3,(H,36,37);/q;+1/p-1/t23-,28-;/m1./s1. The van der Waals surface area contributed by atoms with Gasteiger partial charge in [-0.15, -0.1) is 0 Å². The van der Waals surface area contributed by atoms with Gasteiger partial charge in [-0.2, -0.15) is 0 Å². The summed E-state index contributed by atoms with van der Waals surface area (Å²) >= 11 is 0. The zero-order valence-corrected chi connectivity index (χ0v) is 25.5. The number of fused-ring (bicyclic) bond motifs is 1. The van der Waals surface area contributed by atoms with Gasteiger partial charge in [-0.05, 0) is 72.7 Å². The van der Waals surface area contributed by atoms with Crippen LogP contribution in [0.25, 0.3) is 21.9 Å². The van der Waals surface area contributed by atoms with E-state index in [1.54, 1.807) is 19.1 Å². The number of hydrogen-bond acceptors (Lipinski definition) is 5. The van der Waals surface area contributed by atoms with E-state index in [1.165, 1.54) is 16.3 Å². The Morgan fingerprint density at radius 2 is 1.67 bits per heavy atom. The van der Waals surface area contributed by atoms with Crippen LogP contribution < -0.4 is 40.0 Å². The van der Waals surface area contributed by atoms with Gasteiger partial charge in [-0.1, -0.05) is 84.9 Å². The van der Waals surface area contributed by atoms with E-state index in [-0.39, 0.29) is 53.4 Å². The van der Waals surface area contributed by atoms with Crippen LogP contribution in [0.15, 0.2) is 84.9 Å². The Morgan fingerprint density at radius 3 is 2.38 bits per heavy atom. The molecule has 0 unspecified atom stereocenters. The van der Waals surface area contributed by atoms with Crippen molar-refractivity contribution in [1.29, 1.82) is 0 Å². The van der Waals surface area contributed by atoms with Gasteiger partial charge < -0.3 is 25.1 Å². The Morgan fingerprint density at radius 1 is 0.974 bits per heavy atom. The molecule has 0 saturated carbocycles. The van der Waals surface area contributed by atoms with E-state index in [2.05, 4.69) is 55.6 Å². The molecule has 4 rings (SSSR count). The summed E-state index contributed by atoms with van der Waals surface area (Å²) in [5.74, 6) is -1.18. The normalized spacial score (nSPS) is 13.1. The van der Waals surface area contributed by atoms with Crippen LogP contribution in [0, 0.1) is 6.92 Å². The van der Waals surface area contributed by atoms with Crippen molar-refractivity contribution in [3.8, 4) is 11.1 Å². The number of aliphatic hydroxyl groups is 1. The molecule has 2 N–H and O–H groups in total. The number of hydrogen-bond donors (Lipinski definition) is 2. The van der Waals surface area contributed by atoms with Crippen molar-refractivity contribution in [2.45, 2.75) is 51.9 Å². The first-order chi connectivity index (χ1) is 18.1. The largest absolute Gasteiger partial charge is 1.00 e. The average Bonchev–Trinajstić information content (AvgIpc) is 2.90. The number of nitrogens with one attached hydrogen (secondary N) is 1. The summed E-state index contributed by atoms with van der Waals surface area (Å²) in [6.45, 7) is 8.62. The molecule has 0 radical (unpaired) electrons. The van der Waals surface area contributed by atoms with Gasteiger partial charge in [0, 0.05) is 17.6 Å². The molecule has 4 aromatic carbocycles. The van der Waals surface area contributed by atoms with Crippen molar-refractivity contribution in [3.05, 3.63) is 107 Å². The summed E-state index contributed by atoms with van der Waals surface area (Å²) in [5, 5.41) is 27.9. The third-order valence-corrected chi connectivity index (χ3v) is 6.97. The van der Waals surface area contributed by atoms with Crippen LogP contribution >= 0.6 is 0 Å². The second-order valence-electron chi connectivity index (χ2n) is 10.7. The first-order valence-electron chi connectivity index (χ1n) is 13.1.